The second kappa shape index (κ2) is 10.5. The molecule has 1 saturated heterocycles. The monoisotopic (exact) mass is 569 g/mol. The quantitative estimate of drug-likeness (QED) is 0.285. The number of likely N-dealkylation sites (N-methyl/N-ethyl adjacent to an activating group) is 1. The number of carbonyl (C=O) groups excluding carboxylic acids is 3. The molecule has 1 aromatic rings. The van der Waals surface area contributed by atoms with Gasteiger partial charge in [-0.2, -0.15) is 0 Å². The van der Waals surface area contributed by atoms with Crippen LogP contribution in [-0.2, 0) is 9.59 Å². The number of rotatable bonds is 5. The third-order valence-electron chi connectivity index (χ3n) is 9.62. The fourth-order valence-corrected chi connectivity index (χ4v) is 7.46. The molecule has 1 unspecified atom stereocenters. The van der Waals surface area contributed by atoms with Gasteiger partial charge in [-0.3, -0.25) is 24.2 Å². The molecule has 7 atom stereocenters. The number of aromatic hydroxyl groups is 1. The highest BCUT2D eigenvalue weighted by Crippen LogP contribution is 2.55. The number of aliphatic hydroxyl groups excluding tert-OH is 3. The molecule has 41 heavy (non-hydrogen) atoms. The molecule has 0 aromatic heterocycles. The maximum absolute atomic E-state index is 14.0. The zero-order valence-electron chi connectivity index (χ0n) is 23.8. The van der Waals surface area contributed by atoms with E-state index in [4.69, 9.17) is 0 Å². The number of fused-ring (bicyclic) bond motifs is 3. The average molecular weight is 570 g/mol. The van der Waals surface area contributed by atoms with E-state index in [1.807, 2.05) is 4.90 Å². The van der Waals surface area contributed by atoms with Crippen molar-refractivity contribution in [3.8, 4) is 5.75 Å². The molecular weight excluding hydrogens is 530 g/mol. The first kappa shape index (κ1) is 29.2. The predicted molar refractivity (Wildman–Crippen MR) is 148 cm³/mol. The SMILES string of the molecule is CCC1CCCN(CNC(=O)C2=C(O)[C@@H](N(C)C)[C@@H]3[C@@H](O)[C@H]4C(=C(O)[C@]3(O)C2=O)C(=O)c2c(O)cccc2[C@@H]4C)C1. The Morgan fingerprint density at radius 2 is 1.90 bits per heavy atom. The lowest BCUT2D eigenvalue weighted by Crippen LogP contribution is -2.68. The number of ketones is 2. The normalized spacial score (nSPS) is 33.9. The minimum atomic E-state index is -2.88. The molecule has 1 aliphatic heterocycles. The van der Waals surface area contributed by atoms with E-state index in [0.717, 1.165) is 32.4 Å². The summed E-state index contributed by atoms with van der Waals surface area (Å²) in [6.45, 7) is 5.48. The van der Waals surface area contributed by atoms with Crippen LogP contribution in [0, 0.1) is 17.8 Å². The van der Waals surface area contributed by atoms with Crippen molar-refractivity contribution in [1.82, 2.24) is 15.1 Å². The minimum absolute atomic E-state index is 0.0808. The summed E-state index contributed by atoms with van der Waals surface area (Å²) in [6.07, 6.45) is 1.49. The zero-order chi connectivity index (χ0) is 30.0. The van der Waals surface area contributed by atoms with E-state index in [2.05, 4.69) is 12.2 Å². The number of Topliss-reactive ketones (excluding diaryl/α,β-unsaturated/α-hetero) is 2. The molecule has 1 heterocycles. The summed E-state index contributed by atoms with van der Waals surface area (Å²) in [4.78, 5) is 44.5. The Morgan fingerprint density at radius 1 is 1.20 bits per heavy atom. The van der Waals surface area contributed by atoms with Crippen molar-refractivity contribution in [2.24, 2.45) is 17.8 Å². The summed E-state index contributed by atoms with van der Waals surface area (Å²) in [5.41, 5.74) is -3.63. The Morgan fingerprint density at radius 3 is 2.56 bits per heavy atom. The number of carbonyl (C=O) groups is 3. The van der Waals surface area contributed by atoms with Crippen LogP contribution in [0.2, 0.25) is 0 Å². The van der Waals surface area contributed by atoms with Crippen LogP contribution in [0.3, 0.4) is 0 Å². The summed E-state index contributed by atoms with van der Waals surface area (Å²) >= 11 is 0. The van der Waals surface area contributed by atoms with Gasteiger partial charge < -0.3 is 30.8 Å². The second-order valence-electron chi connectivity index (χ2n) is 12.1. The molecule has 222 valence electrons. The fourth-order valence-electron chi connectivity index (χ4n) is 7.46. The van der Waals surface area contributed by atoms with Crippen LogP contribution in [0.4, 0.5) is 0 Å². The molecule has 5 rings (SSSR count). The van der Waals surface area contributed by atoms with E-state index >= 15 is 0 Å². The molecule has 11 nitrogen and oxygen atoms in total. The number of piperidine rings is 1. The van der Waals surface area contributed by atoms with Gasteiger partial charge in [-0.15, -0.1) is 0 Å². The first-order valence-corrected chi connectivity index (χ1v) is 14.2. The first-order chi connectivity index (χ1) is 19.4. The Labute approximate surface area is 238 Å². The molecule has 4 aliphatic rings. The van der Waals surface area contributed by atoms with E-state index in [1.54, 1.807) is 33.2 Å². The number of amides is 1. The lowest BCUT2D eigenvalue weighted by molar-refractivity contribution is -0.162. The van der Waals surface area contributed by atoms with Gasteiger partial charge >= 0.3 is 0 Å². The topological polar surface area (TPSA) is 171 Å². The Kier molecular flexibility index (Phi) is 7.52. The maximum Gasteiger partial charge on any atom is 0.259 e. The van der Waals surface area contributed by atoms with Gasteiger partial charge in [-0.05, 0) is 56.9 Å². The number of nitrogens with zero attached hydrogens (tertiary/aromatic N) is 2. The van der Waals surface area contributed by atoms with Crippen LogP contribution in [0.1, 0.15) is 54.9 Å². The highest BCUT2D eigenvalue weighted by atomic mass is 16.4. The van der Waals surface area contributed by atoms with Crippen molar-refractivity contribution in [3.63, 3.8) is 0 Å². The van der Waals surface area contributed by atoms with Crippen molar-refractivity contribution >= 4 is 17.5 Å². The van der Waals surface area contributed by atoms with Gasteiger partial charge in [0.15, 0.2) is 11.4 Å². The van der Waals surface area contributed by atoms with Crippen molar-refractivity contribution in [2.75, 3.05) is 33.9 Å². The summed E-state index contributed by atoms with van der Waals surface area (Å²) in [5, 5.41) is 59.8. The Bertz CT molecular complexity index is 1350. The molecule has 11 heteroatoms. The predicted octanol–water partition coefficient (Wildman–Crippen LogP) is 1.36. The smallest absolute Gasteiger partial charge is 0.259 e. The largest absolute Gasteiger partial charge is 0.510 e. The third kappa shape index (κ3) is 4.29. The summed E-state index contributed by atoms with van der Waals surface area (Å²) in [6, 6.07) is 3.28. The number of likely N-dealkylation sites (tertiary alicyclic amines) is 1. The van der Waals surface area contributed by atoms with Gasteiger partial charge in [0.05, 0.1) is 30.3 Å². The molecule has 0 spiro atoms. The molecule has 0 radical (unpaired) electrons. The Hall–Kier alpha value is -3.25. The van der Waals surface area contributed by atoms with Gasteiger partial charge in [0, 0.05) is 18.0 Å². The number of phenolic OH excluding ortho intramolecular Hbond substituents is 1. The number of benzene rings is 1. The Balaban J connectivity index is 1.58. The van der Waals surface area contributed by atoms with E-state index < -0.39 is 70.1 Å². The van der Waals surface area contributed by atoms with Crippen LogP contribution in [-0.4, -0.2) is 104 Å². The lowest BCUT2D eigenvalue weighted by atomic mass is 9.55. The minimum Gasteiger partial charge on any atom is -0.510 e. The molecule has 1 fully saturated rings. The molecule has 6 N–H and O–H groups in total. The fraction of sp³-hybridized carbons (Fsp3) is 0.567. The molecule has 1 amide bonds. The van der Waals surface area contributed by atoms with Gasteiger partial charge in [0.25, 0.3) is 5.91 Å². The number of hydrogen-bond acceptors (Lipinski definition) is 10. The number of nitrogens with one attached hydrogen (secondary N) is 1. The van der Waals surface area contributed by atoms with Gasteiger partial charge in [0.2, 0.25) is 5.78 Å². The van der Waals surface area contributed by atoms with Gasteiger partial charge in [-0.25, -0.2) is 0 Å². The second-order valence-corrected chi connectivity index (χ2v) is 12.1. The van der Waals surface area contributed by atoms with Gasteiger partial charge in [0.1, 0.15) is 22.8 Å². The van der Waals surface area contributed by atoms with E-state index in [1.165, 1.54) is 11.0 Å². The van der Waals surface area contributed by atoms with Crippen LogP contribution >= 0.6 is 0 Å². The highest BCUT2D eigenvalue weighted by molar-refractivity contribution is 6.25. The average Bonchev–Trinajstić information content (AvgIpc) is 2.94. The number of phenols is 1. The van der Waals surface area contributed by atoms with Crippen LogP contribution in [0.15, 0.2) is 40.9 Å². The van der Waals surface area contributed by atoms with E-state index in [-0.39, 0.29) is 23.6 Å². The number of hydrogen-bond donors (Lipinski definition) is 6. The first-order valence-electron chi connectivity index (χ1n) is 14.2. The summed E-state index contributed by atoms with van der Waals surface area (Å²) in [5.74, 6) is -7.63. The molecule has 1 aromatic carbocycles. The summed E-state index contributed by atoms with van der Waals surface area (Å²) in [7, 11) is 3.11. The molecule has 0 bridgehead atoms. The standard InChI is InChI=1S/C30H39N3O8/c1-5-15-8-7-11-33(12-15)13-31-29(40)21-26(37)23(32(3)4)22-25(36)18-14(2)16-9-6-10-17(34)19(16)24(35)20(18)27(38)30(22,41)28(21)39/h6,9-10,14-15,18,22-23,25,34,36-38,41H,5,7-8,11-13H2,1-4H3,(H,31,40)/t14-,15?,18+,22+,23-,25-,30-/m0/s1. The number of aliphatic hydroxyl groups is 4. The maximum atomic E-state index is 14.0. The van der Waals surface area contributed by atoms with Crippen LogP contribution < -0.4 is 5.32 Å². The molecule has 3 aliphatic carbocycles. The zero-order valence-corrected chi connectivity index (χ0v) is 23.8. The molecular formula is C30H39N3O8. The summed E-state index contributed by atoms with van der Waals surface area (Å²) < 4.78 is 0. The van der Waals surface area contributed by atoms with Gasteiger partial charge in [-0.1, -0.05) is 32.4 Å². The van der Waals surface area contributed by atoms with E-state index in [9.17, 15) is 39.9 Å². The van der Waals surface area contributed by atoms with Crippen LogP contribution in [0.25, 0.3) is 0 Å². The third-order valence-corrected chi connectivity index (χ3v) is 9.62. The van der Waals surface area contributed by atoms with Crippen molar-refractivity contribution in [1.29, 1.82) is 0 Å². The van der Waals surface area contributed by atoms with Crippen molar-refractivity contribution in [3.05, 3.63) is 52.0 Å². The highest BCUT2D eigenvalue weighted by Gasteiger charge is 2.67. The molecule has 0 saturated carbocycles. The van der Waals surface area contributed by atoms with Crippen molar-refractivity contribution < 1.29 is 39.9 Å². The van der Waals surface area contributed by atoms with E-state index in [0.29, 0.717) is 11.5 Å². The van der Waals surface area contributed by atoms with Crippen molar-refractivity contribution in [2.45, 2.75) is 56.8 Å². The van der Waals surface area contributed by atoms with Crippen LogP contribution in [0.5, 0.6) is 5.75 Å². The lowest BCUT2D eigenvalue weighted by Gasteiger charge is -2.53.